The Labute approximate surface area is 113 Å². The molecule has 0 aromatic heterocycles. The topological polar surface area (TPSA) is 0 Å². The molecule has 1 saturated carbocycles. The van der Waals surface area contributed by atoms with Crippen molar-refractivity contribution in [2.24, 2.45) is 11.3 Å². The Balaban J connectivity index is 2.03. The molecule has 0 heterocycles. The van der Waals surface area contributed by atoms with Crippen LogP contribution in [0.15, 0.2) is 18.2 Å². The third-order valence-electron chi connectivity index (χ3n) is 4.95. The first-order valence-corrected chi connectivity index (χ1v) is 7.45. The lowest BCUT2D eigenvalue weighted by atomic mass is 9.68. The van der Waals surface area contributed by atoms with E-state index in [1.807, 2.05) is 0 Å². The van der Waals surface area contributed by atoms with Gasteiger partial charge in [-0.2, -0.15) is 0 Å². The smallest absolute Gasteiger partial charge is 0.0162 e. The predicted octanol–water partition coefficient (Wildman–Crippen LogP) is 5.62. The molecule has 0 N–H and O–H groups in total. The van der Waals surface area contributed by atoms with E-state index in [0.717, 1.165) is 11.8 Å². The first-order valence-electron chi connectivity index (χ1n) is 7.45. The molecule has 0 unspecified atom stereocenters. The summed E-state index contributed by atoms with van der Waals surface area (Å²) in [6, 6.07) is 7.06. The van der Waals surface area contributed by atoms with Crippen LogP contribution >= 0.6 is 0 Å². The van der Waals surface area contributed by atoms with Crippen molar-refractivity contribution in [3.63, 3.8) is 0 Å². The third kappa shape index (κ3) is 2.96. The Morgan fingerprint density at radius 3 is 2.00 bits per heavy atom. The van der Waals surface area contributed by atoms with E-state index >= 15 is 0 Å². The summed E-state index contributed by atoms with van der Waals surface area (Å²) >= 11 is 0. The van der Waals surface area contributed by atoms with E-state index in [1.165, 1.54) is 36.8 Å². The predicted molar refractivity (Wildman–Crippen MR) is 80.1 cm³/mol. The minimum Gasteiger partial charge on any atom is -0.0599 e. The molecule has 0 amide bonds. The molecule has 0 aliphatic heterocycles. The lowest BCUT2D eigenvalue weighted by molar-refractivity contribution is 0.169. The molecule has 18 heavy (non-hydrogen) atoms. The van der Waals surface area contributed by atoms with Gasteiger partial charge in [0.05, 0.1) is 0 Å². The lowest BCUT2D eigenvalue weighted by Gasteiger charge is -2.37. The molecule has 1 aliphatic carbocycles. The SMILES string of the molecule is Cc1ccc(C2CCC(C(C)(C)C)CC2)cc1C. The average molecular weight is 244 g/mol. The second-order valence-electron chi connectivity index (χ2n) is 7.26. The van der Waals surface area contributed by atoms with Gasteiger partial charge in [0.15, 0.2) is 0 Å². The highest BCUT2D eigenvalue weighted by Gasteiger charge is 2.30. The normalized spacial score (nSPS) is 25.2. The maximum absolute atomic E-state index is 2.41. The van der Waals surface area contributed by atoms with E-state index in [1.54, 1.807) is 5.56 Å². The van der Waals surface area contributed by atoms with Gasteiger partial charge in [0.1, 0.15) is 0 Å². The monoisotopic (exact) mass is 244 g/mol. The number of hydrogen-bond acceptors (Lipinski definition) is 0. The molecule has 0 nitrogen and oxygen atoms in total. The molecule has 2 rings (SSSR count). The lowest BCUT2D eigenvalue weighted by Crippen LogP contribution is -2.25. The van der Waals surface area contributed by atoms with Crippen LogP contribution in [-0.4, -0.2) is 0 Å². The summed E-state index contributed by atoms with van der Waals surface area (Å²) in [7, 11) is 0. The van der Waals surface area contributed by atoms with Crippen LogP contribution in [0.5, 0.6) is 0 Å². The molecule has 0 radical (unpaired) electrons. The van der Waals surface area contributed by atoms with Crippen molar-refractivity contribution >= 4 is 0 Å². The molecule has 0 spiro atoms. The summed E-state index contributed by atoms with van der Waals surface area (Å²) in [6.45, 7) is 11.6. The van der Waals surface area contributed by atoms with Gasteiger partial charge in [0, 0.05) is 0 Å². The number of rotatable bonds is 1. The van der Waals surface area contributed by atoms with Gasteiger partial charge in [0.2, 0.25) is 0 Å². The van der Waals surface area contributed by atoms with Gasteiger partial charge in [-0.1, -0.05) is 39.0 Å². The van der Waals surface area contributed by atoms with Crippen LogP contribution in [-0.2, 0) is 0 Å². The second kappa shape index (κ2) is 5.07. The van der Waals surface area contributed by atoms with E-state index < -0.39 is 0 Å². The zero-order valence-electron chi connectivity index (χ0n) is 12.7. The highest BCUT2D eigenvalue weighted by atomic mass is 14.3. The van der Waals surface area contributed by atoms with Crippen LogP contribution < -0.4 is 0 Å². The van der Waals surface area contributed by atoms with Gasteiger partial charge < -0.3 is 0 Å². The van der Waals surface area contributed by atoms with Crippen LogP contribution in [0.25, 0.3) is 0 Å². The van der Waals surface area contributed by atoms with Gasteiger partial charge in [-0.3, -0.25) is 0 Å². The van der Waals surface area contributed by atoms with E-state index in [-0.39, 0.29) is 0 Å². The molecule has 0 heteroatoms. The highest BCUT2D eigenvalue weighted by Crippen LogP contribution is 2.43. The largest absolute Gasteiger partial charge is 0.0599 e. The van der Waals surface area contributed by atoms with Crippen molar-refractivity contribution in [2.45, 2.75) is 66.2 Å². The molecule has 1 fully saturated rings. The first-order chi connectivity index (χ1) is 8.38. The fraction of sp³-hybridized carbons (Fsp3) is 0.667. The molecule has 1 aromatic carbocycles. The number of aryl methyl sites for hydroxylation is 2. The zero-order valence-corrected chi connectivity index (χ0v) is 12.7. The quantitative estimate of drug-likeness (QED) is 0.601. The van der Waals surface area contributed by atoms with Crippen molar-refractivity contribution in [2.75, 3.05) is 0 Å². The van der Waals surface area contributed by atoms with Gasteiger partial charge in [-0.15, -0.1) is 0 Å². The highest BCUT2D eigenvalue weighted by molar-refractivity contribution is 5.32. The van der Waals surface area contributed by atoms with E-state index in [2.05, 4.69) is 52.8 Å². The minimum absolute atomic E-state index is 0.494. The second-order valence-corrected chi connectivity index (χ2v) is 7.26. The van der Waals surface area contributed by atoms with Crippen LogP contribution in [0, 0.1) is 25.2 Å². The molecule has 0 saturated heterocycles. The Bertz CT molecular complexity index is 401. The zero-order chi connectivity index (χ0) is 13.3. The number of hydrogen-bond donors (Lipinski definition) is 0. The minimum atomic E-state index is 0.494. The number of benzene rings is 1. The van der Waals surface area contributed by atoms with Crippen LogP contribution in [0.1, 0.15) is 69.1 Å². The Morgan fingerprint density at radius 2 is 1.50 bits per heavy atom. The molecule has 1 aromatic rings. The van der Waals surface area contributed by atoms with Gasteiger partial charge >= 0.3 is 0 Å². The van der Waals surface area contributed by atoms with E-state index in [0.29, 0.717) is 5.41 Å². The van der Waals surface area contributed by atoms with Crippen molar-refractivity contribution < 1.29 is 0 Å². The summed E-state index contributed by atoms with van der Waals surface area (Å²) in [5.74, 6) is 1.73. The van der Waals surface area contributed by atoms with E-state index in [4.69, 9.17) is 0 Å². The molecule has 100 valence electrons. The molecular formula is C18H28. The summed E-state index contributed by atoms with van der Waals surface area (Å²) in [5, 5.41) is 0. The summed E-state index contributed by atoms with van der Waals surface area (Å²) < 4.78 is 0. The van der Waals surface area contributed by atoms with Crippen molar-refractivity contribution in [1.29, 1.82) is 0 Å². The maximum atomic E-state index is 2.41. The first kappa shape index (κ1) is 13.6. The van der Waals surface area contributed by atoms with Gasteiger partial charge in [-0.05, 0) is 73.5 Å². The Morgan fingerprint density at radius 1 is 0.889 bits per heavy atom. The molecule has 0 bridgehead atoms. The van der Waals surface area contributed by atoms with Crippen molar-refractivity contribution in [3.05, 3.63) is 34.9 Å². The average Bonchev–Trinajstić information content (AvgIpc) is 2.32. The van der Waals surface area contributed by atoms with Gasteiger partial charge in [-0.25, -0.2) is 0 Å². The van der Waals surface area contributed by atoms with Crippen molar-refractivity contribution in [3.8, 4) is 0 Å². The summed E-state index contributed by atoms with van der Waals surface area (Å²) in [4.78, 5) is 0. The van der Waals surface area contributed by atoms with Crippen molar-refractivity contribution in [1.82, 2.24) is 0 Å². The Kier molecular flexibility index (Phi) is 3.84. The molecule has 0 atom stereocenters. The van der Waals surface area contributed by atoms with E-state index in [9.17, 15) is 0 Å². The van der Waals surface area contributed by atoms with Gasteiger partial charge in [0.25, 0.3) is 0 Å². The summed E-state index contributed by atoms with van der Waals surface area (Å²) in [6.07, 6.45) is 5.57. The standard InChI is InChI=1S/C18H28/c1-13-6-7-16(12-14(13)2)15-8-10-17(11-9-15)18(3,4)5/h6-7,12,15,17H,8-11H2,1-5H3. The molecule has 1 aliphatic rings. The summed E-state index contributed by atoms with van der Waals surface area (Å²) in [5.41, 5.74) is 4.94. The maximum Gasteiger partial charge on any atom is -0.0162 e. The van der Waals surface area contributed by atoms with Crippen LogP contribution in [0.2, 0.25) is 0 Å². The fourth-order valence-corrected chi connectivity index (χ4v) is 3.31. The fourth-order valence-electron chi connectivity index (χ4n) is 3.31. The van der Waals surface area contributed by atoms with Crippen LogP contribution in [0.4, 0.5) is 0 Å². The Hall–Kier alpha value is -0.780. The third-order valence-corrected chi connectivity index (χ3v) is 4.95. The van der Waals surface area contributed by atoms with Crippen LogP contribution in [0.3, 0.4) is 0 Å². The molecular weight excluding hydrogens is 216 g/mol.